The largest absolute Gasteiger partial charge is 0.468 e. The van der Waals surface area contributed by atoms with Gasteiger partial charge in [-0.05, 0) is 19.9 Å². The fourth-order valence-electron chi connectivity index (χ4n) is 1.68. The molecule has 0 radical (unpaired) electrons. The lowest BCUT2D eigenvalue weighted by atomic mass is 10.2. The molecule has 0 aromatic carbocycles. The van der Waals surface area contributed by atoms with Gasteiger partial charge in [0.1, 0.15) is 0 Å². The second kappa shape index (κ2) is 8.35. The van der Waals surface area contributed by atoms with Crippen LogP contribution in [-0.2, 0) is 4.79 Å². The first-order valence-electron chi connectivity index (χ1n) is 6.98. The number of nitrogens with one attached hydrogen (secondary N) is 1. The topological polar surface area (TPSA) is 71.5 Å². The number of ether oxygens (including phenoxy) is 1. The van der Waals surface area contributed by atoms with Gasteiger partial charge in [-0.1, -0.05) is 0 Å². The average molecular weight is 333 g/mol. The lowest BCUT2D eigenvalue weighted by Gasteiger charge is -2.20. The third-order valence-corrected chi connectivity index (χ3v) is 2.74. The van der Waals surface area contributed by atoms with Crippen molar-refractivity contribution in [3.8, 4) is 5.88 Å². The monoisotopic (exact) mass is 333 g/mol. The molecule has 0 bridgehead atoms. The maximum Gasteiger partial charge on any atom is 0.422 e. The van der Waals surface area contributed by atoms with Crippen LogP contribution in [-0.4, -0.2) is 54.1 Å². The van der Waals surface area contributed by atoms with Crippen LogP contribution in [0.5, 0.6) is 5.88 Å². The zero-order chi connectivity index (χ0) is 17.5. The Morgan fingerprint density at radius 3 is 2.48 bits per heavy atom. The molecule has 1 aromatic rings. The SMILES string of the molecule is CCNC(=O)CN(CC)C(=O)c1ccc(OCC(F)(F)F)nc1. The van der Waals surface area contributed by atoms with E-state index in [1.165, 1.54) is 17.0 Å². The molecule has 1 heterocycles. The van der Waals surface area contributed by atoms with Crippen molar-refractivity contribution in [3.05, 3.63) is 23.9 Å². The van der Waals surface area contributed by atoms with E-state index in [1.54, 1.807) is 13.8 Å². The zero-order valence-corrected chi connectivity index (χ0v) is 12.8. The Balaban J connectivity index is 2.69. The Morgan fingerprint density at radius 1 is 1.30 bits per heavy atom. The second-order valence-electron chi connectivity index (χ2n) is 4.56. The first-order chi connectivity index (χ1) is 10.8. The highest BCUT2D eigenvalue weighted by molar-refractivity contribution is 5.96. The summed E-state index contributed by atoms with van der Waals surface area (Å²) in [5.74, 6) is -0.958. The number of carbonyl (C=O) groups excluding carboxylic acids is 2. The van der Waals surface area contributed by atoms with E-state index in [-0.39, 0.29) is 23.9 Å². The van der Waals surface area contributed by atoms with E-state index in [0.29, 0.717) is 13.1 Å². The molecule has 1 rings (SSSR count). The predicted molar refractivity (Wildman–Crippen MR) is 76.0 cm³/mol. The number of hydrogen-bond donors (Lipinski definition) is 1. The Morgan fingerprint density at radius 2 is 2.00 bits per heavy atom. The molecule has 0 atom stereocenters. The zero-order valence-electron chi connectivity index (χ0n) is 12.8. The minimum atomic E-state index is -4.46. The van der Waals surface area contributed by atoms with Gasteiger partial charge in [-0.15, -0.1) is 0 Å². The molecular formula is C14H18F3N3O3. The third-order valence-electron chi connectivity index (χ3n) is 2.74. The van der Waals surface area contributed by atoms with Crippen LogP contribution in [0, 0.1) is 0 Å². The first kappa shape index (κ1) is 18.7. The molecule has 1 aromatic heterocycles. The molecule has 0 aliphatic rings. The Bertz CT molecular complexity index is 532. The van der Waals surface area contributed by atoms with Gasteiger partial charge in [-0.25, -0.2) is 4.98 Å². The first-order valence-corrected chi connectivity index (χ1v) is 6.98. The van der Waals surface area contributed by atoms with E-state index in [2.05, 4.69) is 15.0 Å². The number of rotatable bonds is 7. The van der Waals surface area contributed by atoms with Crippen molar-refractivity contribution in [3.63, 3.8) is 0 Å². The molecule has 9 heteroatoms. The Kier molecular flexibility index (Phi) is 6.80. The number of carbonyl (C=O) groups is 2. The van der Waals surface area contributed by atoms with Gasteiger partial charge in [0.15, 0.2) is 6.61 Å². The van der Waals surface area contributed by atoms with Crippen LogP contribution in [0.25, 0.3) is 0 Å². The molecular weight excluding hydrogens is 315 g/mol. The van der Waals surface area contributed by atoms with E-state index >= 15 is 0 Å². The van der Waals surface area contributed by atoms with Gasteiger partial charge in [0.25, 0.3) is 5.91 Å². The summed E-state index contributed by atoms with van der Waals surface area (Å²) < 4.78 is 40.6. The van der Waals surface area contributed by atoms with Crippen molar-refractivity contribution in [1.29, 1.82) is 0 Å². The Hall–Kier alpha value is -2.32. The molecule has 128 valence electrons. The van der Waals surface area contributed by atoms with Gasteiger partial charge in [0.2, 0.25) is 11.8 Å². The summed E-state index contributed by atoms with van der Waals surface area (Å²) in [5.41, 5.74) is 0.163. The van der Waals surface area contributed by atoms with Crippen molar-refractivity contribution in [2.75, 3.05) is 26.2 Å². The summed E-state index contributed by atoms with van der Waals surface area (Å²) in [6.07, 6.45) is -3.34. The van der Waals surface area contributed by atoms with Gasteiger partial charge in [0, 0.05) is 25.4 Å². The number of nitrogens with zero attached hydrogens (tertiary/aromatic N) is 2. The third kappa shape index (κ3) is 6.54. The molecule has 1 N–H and O–H groups in total. The number of amides is 2. The number of aromatic nitrogens is 1. The summed E-state index contributed by atoms with van der Waals surface area (Å²) in [6.45, 7) is 2.69. The number of halogens is 3. The number of pyridine rings is 1. The number of likely N-dealkylation sites (N-methyl/N-ethyl adjacent to an activating group) is 2. The fourth-order valence-corrected chi connectivity index (χ4v) is 1.68. The van der Waals surface area contributed by atoms with Gasteiger partial charge >= 0.3 is 6.18 Å². The highest BCUT2D eigenvalue weighted by atomic mass is 19.4. The van der Waals surface area contributed by atoms with Crippen LogP contribution in [0.15, 0.2) is 18.3 Å². The van der Waals surface area contributed by atoms with E-state index in [4.69, 9.17) is 0 Å². The highest BCUT2D eigenvalue weighted by Gasteiger charge is 2.28. The normalized spacial score (nSPS) is 11.0. The second-order valence-corrected chi connectivity index (χ2v) is 4.56. The molecule has 0 unspecified atom stereocenters. The van der Waals surface area contributed by atoms with Crippen LogP contribution in [0.3, 0.4) is 0 Å². The van der Waals surface area contributed by atoms with Gasteiger partial charge in [-0.3, -0.25) is 9.59 Å². The minimum Gasteiger partial charge on any atom is -0.468 e. The van der Waals surface area contributed by atoms with E-state index in [9.17, 15) is 22.8 Å². The summed E-state index contributed by atoms with van der Waals surface area (Å²) in [4.78, 5) is 28.7. The quantitative estimate of drug-likeness (QED) is 0.823. The summed E-state index contributed by atoms with van der Waals surface area (Å²) in [6, 6.07) is 2.49. The van der Waals surface area contributed by atoms with E-state index in [0.717, 1.165) is 6.20 Å². The molecule has 6 nitrogen and oxygen atoms in total. The smallest absolute Gasteiger partial charge is 0.422 e. The van der Waals surface area contributed by atoms with Gasteiger partial charge in [-0.2, -0.15) is 13.2 Å². The van der Waals surface area contributed by atoms with Crippen molar-refractivity contribution in [2.45, 2.75) is 20.0 Å². The van der Waals surface area contributed by atoms with Crippen molar-refractivity contribution in [1.82, 2.24) is 15.2 Å². The number of alkyl halides is 3. The lowest BCUT2D eigenvalue weighted by Crippen LogP contribution is -2.40. The van der Waals surface area contributed by atoms with Crippen molar-refractivity contribution < 1.29 is 27.5 Å². The van der Waals surface area contributed by atoms with E-state index in [1.807, 2.05) is 0 Å². The number of hydrogen-bond acceptors (Lipinski definition) is 4. The molecule has 0 fully saturated rings. The van der Waals surface area contributed by atoms with Crippen molar-refractivity contribution in [2.24, 2.45) is 0 Å². The molecule has 0 spiro atoms. The molecule has 0 aliphatic heterocycles. The molecule has 0 aliphatic carbocycles. The molecule has 0 saturated carbocycles. The molecule has 23 heavy (non-hydrogen) atoms. The van der Waals surface area contributed by atoms with Crippen LogP contribution in [0.2, 0.25) is 0 Å². The van der Waals surface area contributed by atoms with E-state index < -0.39 is 18.7 Å². The molecule has 2 amide bonds. The van der Waals surface area contributed by atoms with Crippen LogP contribution >= 0.6 is 0 Å². The van der Waals surface area contributed by atoms with Crippen LogP contribution in [0.4, 0.5) is 13.2 Å². The summed E-state index contributed by atoms with van der Waals surface area (Å²) in [5, 5.41) is 2.58. The predicted octanol–water partition coefficient (Wildman–Crippen LogP) is 1.62. The fraction of sp³-hybridized carbons (Fsp3) is 0.500. The Labute approximate surface area is 131 Å². The van der Waals surface area contributed by atoms with Crippen LogP contribution < -0.4 is 10.1 Å². The average Bonchev–Trinajstić information content (AvgIpc) is 2.50. The maximum absolute atomic E-state index is 12.2. The van der Waals surface area contributed by atoms with Crippen LogP contribution in [0.1, 0.15) is 24.2 Å². The van der Waals surface area contributed by atoms with Crippen molar-refractivity contribution >= 4 is 11.8 Å². The van der Waals surface area contributed by atoms with Gasteiger partial charge < -0.3 is 15.0 Å². The summed E-state index contributed by atoms with van der Waals surface area (Å²) in [7, 11) is 0. The molecule has 0 saturated heterocycles. The maximum atomic E-state index is 12.2. The van der Waals surface area contributed by atoms with Gasteiger partial charge in [0.05, 0.1) is 12.1 Å². The standard InChI is InChI=1S/C14H18F3N3O3/c1-3-18-11(21)8-20(4-2)13(22)10-5-6-12(19-7-10)23-9-14(15,16)17/h5-7H,3-4,8-9H2,1-2H3,(H,18,21). The minimum absolute atomic E-state index is 0.102. The summed E-state index contributed by atoms with van der Waals surface area (Å²) >= 11 is 0. The highest BCUT2D eigenvalue weighted by Crippen LogP contribution is 2.17. The lowest BCUT2D eigenvalue weighted by molar-refractivity contribution is -0.154.